The van der Waals surface area contributed by atoms with Gasteiger partial charge in [-0.2, -0.15) is 5.10 Å². The number of aromatic nitrogens is 2. The highest BCUT2D eigenvalue weighted by Crippen LogP contribution is 2.26. The first-order chi connectivity index (χ1) is 8.47. The predicted octanol–water partition coefficient (Wildman–Crippen LogP) is 2.34. The summed E-state index contributed by atoms with van der Waals surface area (Å²) in [6, 6.07) is 6.03. The van der Waals surface area contributed by atoms with Crippen LogP contribution < -0.4 is 5.32 Å². The van der Waals surface area contributed by atoms with Gasteiger partial charge >= 0.3 is 0 Å². The van der Waals surface area contributed by atoms with E-state index in [1.54, 1.807) is 20.0 Å². The Morgan fingerprint density at radius 1 is 1.44 bits per heavy atom. The second kappa shape index (κ2) is 4.70. The molecular formula is C12H12ClN3O2. The summed E-state index contributed by atoms with van der Waals surface area (Å²) >= 11 is 5.92. The summed E-state index contributed by atoms with van der Waals surface area (Å²) in [7, 11) is 1.69. The molecule has 0 unspecified atom stereocenters. The molecule has 94 valence electrons. The van der Waals surface area contributed by atoms with E-state index in [1.807, 2.05) is 0 Å². The third kappa shape index (κ3) is 2.46. The van der Waals surface area contributed by atoms with Crippen molar-refractivity contribution >= 4 is 23.2 Å². The summed E-state index contributed by atoms with van der Waals surface area (Å²) in [5, 5.41) is 16.4. The summed E-state index contributed by atoms with van der Waals surface area (Å²) in [6.45, 7) is 1.80. The van der Waals surface area contributed by atoms with E-state index >= 15 is 0 Å². The van der Waals surface area contributed by atoms with Gasteiger partial charge in [-0.25, -0.2) is 0 Å². The Balaban J connectivity index is 2.26. The van der Waals surface area contributed by atoms with Crippen LogP contribution in [0.15, 0.2) is 24.3 Å². The number of carbonyl (C=O) groups is 1. The first kappa shape index (κ1) is 12.4. The zero-order chi connectivity index (χ0) is 13.3. The summed E-state index contributed by atoms with van der Waals surface area (Å²) in [5.74, 6) is -0.290. The van der Waals surface area contributed by atoms with Gasteiger partial charge in [0.15, 0.2) is 0 Å². The first-order valence-electron chi connectivity index (χ1n) is 5.28. The number of carbonyl (C=O) groups excluding carboxylic acids is 1. The number of halogens is 1. The maximum Gasteiger partial charge on any atom is 0.273 e. The molecule has 6 heteroatoms. The van der Waals surface area contributed by atoms with Crippen molar-refractivity contribution in [1.29, 1.82) is 0 Å². The number of rotatable bonds is 2. The van der Waals surface area contributed by atoms with Crippen molar-refractivity contribution in [1.82, 2.24) is 9.78 Å². The Labute approximate surface area is 109 Å². The van der Waals surface area contributed by atoms with Gasteiger partial charge in [-0.1, -0.05) is 11.6 Å². The number of nitrogens with one attached hydrogen (secondary N) is 1. The molecule has 0 radical (unpaired) electrons. The molecule has 5 nitrogen and oxygen atoms in total. The Bertz CT molecular complexity index is 607. The molecule has 1 heterocycles. The lowest BCUT2D eigenvalue weighted by molar-refractivity contribution is 0.101. The van der Waals surface area contributed by atoms with Crippen molar-refractivity contribution in [2.45, 2.75) is 6.92 Å². The Kier molecular flexibility index (Phi) is 3.25. The van der Waals surface area contributed by atoms with Gasteiger partial charge in [0.1, 0.15) is 11.4 Å². The minimum absolute atomic E-state index is 0.0379. The normalized spacial score (nSPS) is 10.4. The van der Waals surface area contributed by atoms with Crippen LogP contribution in [0.1, 0.15) is 16.2 Å². The number of nitrogens with zero attached hydrogens (tertiary/aromatic N) is 2. The molecule has 0 aliphatic heterocycles. The maximum absolute atomic E-state index is 12.0. The van der Waals surface area contributed by atoms with Crippen LogP contribution in [0.2, 0.25) is 5.02 Å². The summed E-state index contributed by atoms with van der Waals surface area (Å²) in [5.41, 5.74) is 1.54. The van der Waals surface area contributed by atoms with Crippen LogP contribution in [-0.4, -0.2) is 20.8 Å². The lowest BCUT2D eigenvalue weighted by Gasteiger charge is -2.07. The quantitative estimate of drug-likeness (QED) is 0.876. The van der Waals surface area contributed by atoms with Gasteiger partial charge in [-0.3, -0.25) is 9.48 Å². The topological polar surface area (TPSA) is 67.2 Å². The molecule has 2 N–H and O–H groups in total. The molecule has 0 bridgehead atoms. The van der Waals surface area contributed by atoms with Gasteiger partial charge in [0.2, 0.25) is 0 Å². The highest BCUT2D eigenvalue weighted by molar-refractivity contribution is 6.34. The fourth-order valence-electron chi connectivity index (χ4n) is 1.62. The van der Waals surface area contributed by atoms with Crippen molar-refractivity contribution in [3.05, 3.63) is 40.7 Å². The van der Waals surface area contributed by atoms with Gasteiger partial charge in [-0.15, -0.1) is 0 Å². The second-order valence-corrected chi connectivity index (χ2v) is 4.32. The predicted molar refractivity (Wildman–Crippen MR) is 69.0 cm³/mol. The zero-order valence-electron chi connectivity index (χ0n) is 9.94. The average molecular weight is 266 g/mol. The Hall–Kier alpha value is -2.01. The molecule has 18 heavy (non-hydrogen) atoms. The number of phenolic OH excluding ortho intramolecular Hbond substituents is 1. The Morgan fingerprint density at radius 3 is 2.78 bits per heavy atom. The molecule has 0 aliphatic carbocycles. The van der Waals surface area contributed by atoms with Crippen LogP contribution in [0, 0.1) is 6.92 Å². The SMILES string of the molecule is Cc1cc(C(=O)Nc2cc(O)ccc2Cl)n(C)n1. The third-order valence-corrected chi connectivity index (χ3v) is 2.76. The summed E-state index contributed by atoms with van der Waals surface area (Å²) in [4.78, 5) is 12.0. The smallest absolute Gasteiger partial charge is 0.273 e. The molecule has 0 aliphatic rings. The van der Waals surface area contributed by atoms with Gasteiger partial charge in [-0.05, 0) is 25.1 Å². The van der Waals surface area contributed by atoms with Crippen LogP contribution in [0.4, 0.5) is 5.69 Å². The van der Waals surface area contributed by atoms with E-state index in [-0.39, 0.29) is 11.7 Å². The Morgan fingerprint density at radius 2 is 2.17 bits per heavy atom. The van der Waals surface area contributed by atoms with Crippen molar-refractivity contribution < 1.29 is 9.90 Å². The molecular weight excluding hydrogens is 254 g/mol. The van der Waals surface area contributed by atoms with E-state index < -0.39 is 0 Å². The molecule has 1 amide bonds. The van der Waals surface area contributed by atoms with E-state index in [0.29, 0.717) is 16.4 Å². The van der Waals surface area contributed by atoms with E-state index in [0.717, 1.165) is 5.69 Å². The molecule has 1 aromatic carbocycles. The van der Waals surface area contributed by atoms with Crippen LogP contribution in [-0.2, 0) is 7.05 Å². The standard InChI is InChI=1S/C12H12ClN3O2/c1-7-5-11(16(2)15-7)12(18)14-10-6-8(17)3-4-9(10)13/h3-6,17H,1-2H3,(H,14,18). The van der Waals surface area contributed by atoms with Crippen molar-refractivity contribution in [2.75, 3.05) is 5.32 Å². The number of hydrogen-bond donors (Lipinski definition) is 2. The minimum atomic E-state index is -0.328. The van der Waals surface area contributed by atoms with Crippen LogP contribution >= 0.6 is 11.6 Å². The van der Waals surface area contributed by atoms with Gasteiger partial charge < -0.3 is 10.4 Å². The third-order valence-electron chi connectivity index (χ3n) is 2.43. The first-order valence-corrected chi connectivity index (χ1v) is 5.65. The summed E-state index contributed by atoms with van der Waals surface area (Å²) < 4.78 is 1.49. The van der Waals surface area contributed by atoms with Crippen molar-refractivity contribution in [3.8, 4) is 5.75 Å². The monoisotopic (exact) mass is 265 g/mol. The number of phenols is 1. The minimum Gasteiger partial charge on any atom is -0.508 e. The highest BCUT2D eigenvalue weighted by Gasteiger charge is 2.13. The molecule has 2 rings (SSSR count). The fraction of sp³-hybridized carbons (Fsp3) is 0.167. The number of hydrogen-bond acceptors (Lipinski definition) is 3. The molecule has 2 aromatic rings. The molecule has 0 spiro atoms. The second-order valence-electron chi connectivity index (χ2n) is 3.91. The van der Waals surface area contributed by atoms with Crippen molar-refractivity contribution in [2.24, 2.45) is 7.05 Å². The molecule has 0 fully saturated rings. The van der Waals surface area contributed by atoms with E-state index in [1.165, 1.54) is 22.9 Å². The van der Waals surface area contributed by atoms with Crippen molar-refractivity contribution in [3.63, 3.8) is 0 Å². The lowest BCUT2D eigenvalue weighted by Crippen LogP contribution is -2.16. The number of amides is 1. The van der Waals surface area contributed by atoms with Crippen LogP contribution in [0.25, 0.3) is 0 Å². The molecule has 1 aromatic heterocycles. The van der Waals surface area contributed by atoms with Gasteiger partial charge in [0, 0.05) is 13.1 Å². The van der Waals surface area contributed by atoms with Crippen LogP contribution in [0.3, 0.4) is 0 Å². The van der Waals surface area contributed by atoms with E-state index in [9.17, 15) is 9.90 Å². The maximum atomic E-state index is 12.0. The summed E-state index contributed by atoms with van der Waals surface area (Å²) in [6.07, 6.45) is 0. The average Bonchev–Trinajstić information content (AvgIpc) is 2.63. The number of anilines is 1. The highest BCUT2D eigenvalue weighted by atomic mass is 35.5. The number of benzene rings is 1. The number of aryl methyl sites for hydroxylation is 2. The van der Waals surface area contributed by atoms with E-state index in [4.69, 9.17) is 11.6 Å². The molecule has 0 atom stereocenters. The largest absolute Gasteiger partial charge is 0.508 e. The van der Waals surface area contributed by atoms with Gasteiger partial charge in [0.25, 0.3) is 5.91 Å². The molecule has 0 saturated carbocycles. The zero-order valence-corrected chi connectivity index (χ0v) is 10.7. The van der Waals surface area contributed by atoms with E-state index in [2.05, 4.69) is 10.4 Å². The fourth-order valence-corrected chi connectivity index (χ4v) is 1.78. The van der Waals surface area contributed by atoms with Gasteiger partial charge in [0.05, 0.1) is 16.4 Å². The lowest BCUT2D eigenvalue weighted by atomic mass is 10.3. The van der Waals surface area contributed by atoms with Crippen LogP contribution in [0.5, 0.6) is 5.75 Å². The number of aromatic hydroxyl groups is 1. The molecule has 0 saturated heterocycles.